The molecule has 0 saturated carbocycles. The number of aromatic nitrogens is 1. The van der Waals surface area contributed by atoms with Crippen LogP contribution in [0.15, 0.2) is 77.0 Å². The molecular weight excluding hydrogens is 432 g/mol. The van der Waals surface area contributed by atoms with Gasteiger partial charge >= 0.3 is 0 Å². The average molecular weight is 445 g/mol. The van der Waals surface area contributed by atoms with Gasteiger partial charge in [0.05, 0.1) is 22.3 Å². The van der Waals surface area contributed by atoms with Gasteiger partial charge in [0, 0.05) is 16.0 Å². The predicted octanol–water partition coefficient (Wildman–Crippen LogP) is 5.25. The summed E-state index contributed by atoms with van der Waals surface area (Å²) in [6.45, 7) is 0. The smallest absolute Gasteiger partial charge is 0.295 e. The van der Waals surface area contributed by atoms with Crippen molar-refractivity contribution >= 4 is 51.6 Å². The first-order valence-electron chi connectivity index (χ1n) is 9.48. The Hall–Kier alpha value is -4.30. The zero-order chi connectivity index (χ0) is 22.4. The van der Waals surface area contributed by atoms with E-state index < -0.39 is 17.7 Å². The summed E-state index contributed by atoms with van der Waals surface area (Å²) < 4.78 is 0. The van der Waals surface area contributed by atoms with Crippen molar-refractivity contribution in [2.24, 2.45) is 10.2 Å². The van der Waals surface area contributed by atoms with E-state index in [1.54, 1.807) is 54.6 Å². The Morgan fingerprint density at radius 2 is 1.66 bits per heavy atom. The minimum Gasteiger partial charge on any atom is -0.493 e. The fourth-order valence-electron chi connectivity index (χ4n) is 3.59. The average Bonchev–Trinajstić information content (AvgIpc) is 3.24. The Morgan fingerprint density at radius 3 is 2.38 bits per heavy atom. The van der Waals surface area contributed by atoms with Gasteiger partial charge in [0.25, 0.3) is 17.7 Å². The molecule has 0 atom stereocenters. The number of imide groups is 1. The summed E-state index contributed by atoms with van der Waals surface area (Å²) in [6, 6.07) is 17.4. The van der Waals surface area contributed by atoms with Crippen LogP contribution < -0.4 is 4.90 Å². The van der Waals surface area contributed by atoms with Gasteiger partial charge in [0.2, 0.25) is 5.88 Å². The molecule has 0 fully saturated rings. The molecular formula is C23H13ClN4O4. The number of H-pyrrole nitrogens is 1. The molecule has 5 rings (SSSR count). The monoisotopic (exact) mass is 444 g/mol. The van der Waals surface area contributed by atoms with Crippen LogP contribution in [0.25, 0.3) is 10.9 Å². The van der Waals surface area contributed by atoms with E-state index in [1.165, 1.54) is 12.1 Å². The summed E-state index contributed by atoms with van der Waals surface area (Å²) in [4.78, 5) is 41.8. The molecule has 32 heavy (non-hydrogen) atoms. The van der Waals surface area contributed by atoms with Gasteiger partial charge < -0.3 is 10.1 Å². The number of benzene rings is 3. The second kappa shape index (κ2) is 7.44. The Kier molecular flexibility index (Phi) is 4.57. The minimum absolute atomic E-state index is 0.0763. The van der Waals surface area contributed by atoms with Crippen molar-refractivity contribution in [2.75, 3.05) is 4.90 Å². The maximum atomic E-state index is 12.7. The van der Waals surface area contributed by atoms with Crippen molar-refractivity contribution in [3.8, 4) is 5.88 Å². The van der Waals surface area contributed by atoms with E-state index in [4.69, 9.17) is 11.6 Å². The molecule has 9 heteroatoms. The molecule has 0 spiro atoms. The normalized spacial score (nSPS) is 13.3. The summed E-state index contributed by atoms with van der Waals surface area (Å²) in [6.07, 6.45) is 0. The second-order valence-corrected chi connectivity index (χ2v) is 7.50. The third-order valence-electron chi connectivity index (χ3n) is 5.10. The summed E-state index contributed by atoms with van der Waals surface area (Å²) in [5, 5.41) is 18.6. The lowest BCUT2D eigenvalue weighted by molar-refractivity contribution is 0.0923. The number of amides is 3. The number of anilines is 1. The summed E-state index contributed by atoms with van der Waals surface area (Å²) in [5.74, 6) is -1.88. The number of nitrogens with zero attached hydrogens (tertiary/aromatic N) is 3. The summed E-state index contributed by atoms with van der Waals surface area (Å²) >= 11 is 6.00. The van der Waals surface area contributed by atoms with E-state index in [9.17, 15) is 19.5 Å². The van der Waals surface area contributed by atoms with Crippen LogP contribution in [0.5, 0.6) is 5.88 Å². The molecule has 3 amide bonds. The lowest BCUT2D eigenvalue weighted by Gasteiger charge is -2.14. The molecule has 1 aromatic heterocycles. The minimum atomic E-state index is -0.709. The van der Waals surface area contributed by atoms with Gasteiger partial charge in [-0.25, -0.2) is 4.90 Å². The molecule has 8 nitrogen and oxygen atoms in total. The van der Waals surface area contributed by atoms with Crippen molar-refractivity contribution in [1.82, 2.24) is 4.98 Å². The first-order valence-corrected chi connectivity index (χ1v) is 9.86. The number of fused-ring (bicyclic) bond motifs is 2. The van der Waals surface area contributed by atoms with E-state index in [2.05, 4.69) is 15.2 Å². The molecule has 4 aromatic rings. The molecule has 1 aliphatic rings. The molecule has 1 aliphatic heterocycles. The number of aromatic amines is 1. The number of nitrogens with one attached hydrogen (secondary N) is 1. The van der Waals surface area contributed by atoms with Crippen LogP contribution >= 0.6 is 11.6 Å². The highest BCUT2D eigenvalue weighted by molar-refractivity contribution is 6.34. The fourth-order valence-corrected chi connectivity index (χ4v) is 3.76. The third kappa shape index (κ3) is 3.14. The van der Waals surface area contributed by atoms with E-state index in [0.717, 1.165) is 4.90 Å². The fraction of sp³-hybridized carbons (Fsp3) is 0. The van der Waals surface area contributed by atoms with Crippen LogP contribution in [0.3, 0.4) is 0 Å². The highest BCUT2D eigenvalue weighted by Gasteiger charge is 2.36. The number of aromatic hydroxyl groups is 1. The van der Waals surface area contributed by atoms with Gasteiger partial charge in [-0.05, 0) is 48.5 Å². The second-order valence-electron chi connectivity index (χ2n) is 7.06. The largest absolute Gasteiger partial charge is 0.493 e. The Balaban J connectivity index is 1.45. The molecule has 3 aromatic carbocycles. The highest BCUT2D eigenvalue weighted by Crippen LogP contribution is 2.37. The highest BCUT2D eigenvalue weighted by atomic mass is 35.5. The summed E-state index contributed by atoms with van der Waals surface area (Å²) in [5.41, 5.74) is 1.65. The van der Waals surface area contributed by atoms with Gasteiger partial charge in [-0.3, -0.25) is 14.4 Å². The molecule has 2 heterocycles. The number of azo groups is 1. The molecule has 0 saturated heterocycles. The van der Waals surface area contributed by atoms with Crippen LogP contribution in [0.2, 0.25) is 5.02 Å². The van der Waals surface area contributed by atoms with Gasteiger partial charge in [0.1, 0.15) is 0 Å². The van der Waals surface area contributed by atoms with Crippen LogP contribution in [0, 0.1) is 0 Å². The van der Waals surface area contributed by atoms with E-state index >= 15 is 0 Å². The lowest BCUT2D eigenvalue weighted by Crippen LogP contribution is -2.29. The quantitative estimate of drug-likeness (QED) is 0.331. The zero-order valence-corrected chi connectivity index (χ0v) is 17.0. The van der Waals surface area contributed by atoms with Gasteiger partial charge in [-0.15, -0.1) is 10.2 Å². The van der Waals surface area contributed by atoms with Crippen LogP contribution in [-0.2, 0) is 0 Å². The molecule has 0 aliphatic carbocycles. The topological polar surface area (TPSA) is 115 Å². The number of hydrogen-bond donors (Lipinski definition) is 2. The van der Waals surface area contributed by atoms with E-state index in [-0.39, 0.29) is 22.8 Å². The maximum Gasteiger partial charge on any atom is 0.295 e. The first-order chi connectivity index (χ1) is 15.4. The molecule has 0 bridgehead atoms. The number of rotatable bonds is 3. The number of hydrogen-bond acceptors (Lipinski definition) is 5. The SMILES string of the molecule is O=C(N=Nc1c(O)[nH]c2ccc(Cl)cc12)c1cccc(N2C(=O)c3ccccc3C2=O)c1. The van der Waals surface area contributed by atoms with Gasteiger partial charge in [0.15, 0.2) is 5.69 Å². The summed E-state index contributed by atoms with van der Waals surface area (Å²) in [7, 11) is 0. The maximum absolute atomic E-state index is 12.7. The molecule has 156 valence electrons. The molecule has 0 radical (unpaired) electrons. The number of halogens is 1. The van der Waals surface area contributed by atoms with Crippen molar-refractivity contribution in [2.45, 2.75) is 0 Å². The lowest BCUT2D eigenvalue weighted by atomic mass is 10.1. The van der Waals surface area contributed by atoms with Crippen molar-refractivity contribution in [1.29, 1.82) is 0 Å². The van der Waals surface area contributed by atoms with Gasteiger partial charge in [-0.1, -0.05) is 29.8 Å². The zero-order valence-electron chi connectivity index (χ0n) is 16.2. The number of carbonyl (C=O) groups is 3. The standard InChI is InChI=1S/C23H13ClN4O4/c24-13-8-9-18-17(11-13)19(21(30)25-18)26-27-20(29)12-4-3-5-14(10-12)28-22(31)15-6-1-2-7-16(15)23(28)32/h1-11,25,30H. The van der Waals surface area contributed by atoms with Crippen molar-refractivity contribution < 1.29 is 19.5 Å². The Bertz CT molecular complexity index is 1440. The van der Waals surface area contributed by atoms with E-state index in [0.29, 0.717) is 27.1 Å². The van der Waals surface area contributed by atoms with Crippen molar-refractivity contribution in [3.63, 3.8) is 0 Å². The predicted molar refractivity (Wildman–Crippen MR) is 118 cm³/mol. The first kappa shape index (κ1) is 19.7. The Labute approximate surface area is 185 Å². The molecule has 0 unspecified atom stereocenters. The third-order valence-corrected chi connectivity index (χ3v) is 5.34. The Morgan fingerprint density at radius 1 is 0.938 bits per heavy atom. The molecule has 2 N–H and O–H groups in total. The van der Waals surface area contributed by atoms with Crippen LogP contribution in [0.1, 0.15) is 31.1 Å². The van der Waals surface area contributed by atoms with Crippen LogP contribution in [0.4, 0.5) is 11.4 Å². The van der Waals surface area contributed by atoms with E-state index in [1.807, 2.05) is 0 Å². The van der Waals surface area contributed by atoms with Crippen molar-refractivity contribution in [3.05, 3.63) is 88.4 Å². The van der Waals surface area contributed by atoms with Crippen LogP contribution in [-0.4, -0.2) is 27.8 Å². The van der Waals surface area contributed by atoms with Gasteiger partial charge in [-0.2, -0.15) is 0 Å². The number of carbonyl (C=O) groups excluding carboxylic acids is 3.